The van der Waals surface area contributed by atoms with Crippen LogP contribution in [0.15, 0.2) is 59.3 Å². The van der Waals surface area contributed by atoms with Crippen LogP contribution in [0.4, 0.5) is 0 Å². The summed E-state index contributed by atoms with van der Waals surface area (Å²) in [6.45, 7) is 3.12. The molecule has 0 saturated heterocycles. The highest BCUT2D eigenvalue weighted by Gasteiger charge is 2.05. The molecule has 0 spiro atoms. The normalized spacial score (nSPS) is 12.7. The Morgan fingerprint density at radius 2 is 1.89 bits per heavy atom. The molecular formula is C17H17NS. The first kappa shape index (κ1) is 12.4. The quantitative estimate of drug-likeness (QED) is 0.719. The second-order valence-corrected chi connectivity index (χ2v) is 5.62. The summed E-state index contributed by atoms with van der Waals surface area (Å²) in [5, 5.41) is 10.5. The Morgan fingerprint density at radius 3 is 2.68 bits per heavy atom. The zero-order valence-corrected chi connectivity index (χ0v) is 11.8. The Hall–Kier alpha value is -1.64. The van der Waals surface area contributed by atoms with Gasteiger partial charge in [0.1, 0.15) is 0 Å². The van der Waals surface area contributed by atoms with Gasteiger partial charge >= 0.3 is 0 Å². The molecule has 0 fully saturated rings. The maximum atomic E-state index is 3.57. The van der Waals surface area contributed by atoms with E-state index in [2.05, 4.69) is 71.5 Å². The van der Waals surface area contributed by atoms with Crippen LogP contribution >= 0.6 is 11.3 Å². The second kappa shape index (κ2) is 5.55. The monoisotopic (exact) mass is 267 g/mol. The van der Waals surface area contributed by atoms with E-state index in [0.29, 0.717) is 6.04 Å². The van der Waals surface area contributed by atoms with Crippen LogP contribution in [-0.2, 0) is 6.54 Å². The van der Waals surface area contributed by atoms with Gasteiger partial charge in [-0.15, -0.1) is 0 Å². The van der Waals surface area contributed by atoms with Crippen LogP contribution in [0.1, 0.15) is 24.1 Å². The van der Waals surface area contributed by atoms with Crippen molar-refractivity contribution in [2.75, 3.05) is 0 Å². The van der Waals surface area contributed by atoms with Crippen molar-refractivity contribution in [2.45, 2.75) is 19.5 Å². The van der Waals surface area contributed by atoms with Gasteiger partial charge in [-0.25, -0.2) is 0 Å². The molecule has 1 aromatic heterocycles. The molecule has 0 aliphatic carbocycles. The molecule has 0 aliphatic rings. The van der Waals surface area contributed by atoms with Gasteiger partial charge in [0.2, 0.25) is 0 Å². The smallest absolute Gasteiger partial charge is 0.0303 e. The Balaban J connectivity index is 1.71. The summed E-state index contributed by atoms with van der Waals surface area (Å²) in [6, 6.07) is 17.7. The van der Waals surface area contributed by atoms with E-state index >= 15 is 0 Å². The SMILES string of the molecule is CC(NCc1ccc2ccccc2c1)c1ccsc1. The summed E-state index contributed by atoms with van der Waals surface area (Å²) in [7, 11) is 0. The second-order valence-electron chi connectivity index (χ2n) is 4.84. The van der Waals surface area contributed by atoms with E-state index in [-0.39, 0.29) is 0 Å². The molecule has 1 unspecified atom stereocenters. The van der Waals surface area contributed by atoms with Gasteiger partial charge in [0.05, 0.1) is 0 Å². The number of benzene rings is 2. The molecule has 3 aromatic rings. The zero-order valence-electron chi connectivity index (χ0n) is 11.0. The molecule has 96 valence electrons. The summed E-state index contributed by atoms with van der Waals surface area (Å²) in [4.78, 5) is 0. The Bertz CT molecular complexity index is 658. The molecule has 1 N–H and O–H groups in total. The maximum absolute atomic E-state index is 3.57. The lowest BCUT2D eigenvalue weighted by Crippen LogP contribution is -2.17. The lowest BCUT2D eigenvalue weighted by atomic mass is 10.1. The summed E-state index contributed by atoms with van der Waals surface area (Å²) in [5.41, 5.74) is 2.70. The predicted molar refractivity (Wildman–Crippen MR) is 83.5 cm³/mol. The van der Waals surface area contributed by atoms with Gasteiger partial charge in [0.15, 0.2) is 0 Å². The Morgan fingerprint density at radius 1 is 1.05 bits per heavy atom. The van der Waals surface area contributed by atoms with Crippen LogP contribution in [0, 0.1) is 0 Å². The van der Waals surface area contributed by atoms with Gasteiger partial charge in [-0.2, -0.15) is 11.3 Å². The van der Waals surface area contributed by atoms with Gasteiger partial charge < -0.3 is 5.32 Å². The highest BCUT2D eigenvalue weighted by molar-refractivity contribution is 7.07. The fraction of sp³-hybridized carbons (Fsp3) is 0.176. The van der Waals surface area contributed by atoms with Crippen molar-refractivity contribution in [1.82, 2.24) is 5.32 Å². The largest absolute Gasteiger partial charge is 0.306 e. The van der Waals surface area contributed by atoms with E-state index in [1.54, 1.807) is 11.3 Å². The lowest BCUT2D eigenvalue weighted by molar-refractivity contribution is 0.576. The van der Waals surface area contributed by atoms with Crippen LogP contribution in [0.25, 0.3) is 10.8 Å². The fourth-order valence-corrected chi connectivity index (χ4v) is 3.01. The van der Waals surface area contributed by atoms with Gasteiger partial charge in [-0.1, -0.05) is 36.4 Å². The van der Waals surface area contributed by atoms with Crippen molar-refractivity contribution in [2.24, 2.45) is 0 Å². The topological polar surface area (TPSA) is 12.0 Å². The van der Waals surface area contributed by atoms with Crippen LogP contribution in [0.5, 0.6) is 0 Å². The molecule has 0 aliphatic heterocycles. The van der Waals surface area contributed by atoms with Crippen LogP contribution in [0.3, 0.4) is 0 Å². The molecule has 1 atom stereocenters. The first-order valence-electron chi connectivity index (χ1n) is 6.56. The molecule has 0 radical (unpaired) electrons. The maximum Gasteiger partial charge on any atom is 0.0303 e. The molecule has 1 heterocycles. The van der Waals surface area contributed by atoms with Crippen molar-refractivity contribution in [3.8, 4) is 0 Å². The molecule has 2 heteroatoms. The van der Waals surface area contributed by atoms with Crippen LogP contribution in [-0.4, -0.2) is 0 Å². The molecule has 0 amide bonds. The third kappa shape index (κ3) is 2.86. The third-order valence-corrected chi connectivity index (χ3v) is 4.17. The first-order valence-corrected chi connectivity index (χ1v) is 7.50. The van der Waals surface area contributed by atoms with Gasteiger partial charge in [0.25, 0.3) is 0 Å². The van der Waals surface area contributed by atoms with Crippen molar-refractivity contribution in [3.05, 3.63) is 70.4 Å². The summed E-state index contributed by atoms with van der Waals surface area (Å²) in [5.74, 6) is 0. The van der Waals surface area contributed by atoms with E-state index in [1.807, 2.05) is 0 Å². The number of rotatable bonds is 4. The Labute approximate surface area is 117 Å². The number of hydrogen-bond donors (Lipinski definition) is 1. The molecular weight excluding hydrogens is 250 g/mol. The summed E-state index contributed by atoms with van der Waals surface area (Å²) >= 11 is 1.75. The minimum atomic E-state index is 0.401. The third-order valence-electron chi connectivity index (χ3n) is 3.47. The molecule has 2 aromatic carbocycles. The molecule has 1 nitrogen and oxygen atoms in total. The Kier molecular flexibility index (Phi) is 3.62. The van der Waals surface area contributed by atoms with Gasteiger partial charge in [-0.3, -0.25) is 0 Å². The number of thiophene rings is 1. The lowest BCUT2D eigenvalue weighted by Gasteiger charge is -2.12. The minimum absolute atomic E-state index is 0.401. The predicted octanol–water partition coefficient (Wildman–Crippen LogP) is 4.75. The van der Waals surface area contributed by atoms with Crippen molar-refractivity contribution in [3.63, 3.8) is 0 Å². The van der Waals surface area contributed by atoms with Gasteiger partial charge in [0, 0.05) is 12.6 Å². The standard InChI is InChI=1S/C17H17NS/c1-13(17-8-9-19-12-17)18-11-14-6-7-15-4-2-3-5-16(15)10-14/h2-10,12-13,18H,11H2,1H3. The molecule has 0 bridgehead atoms. The van der Waals surface area contributed by atoms with Gasteiger partial charge in [-0.05, 0) is 51.7 Å². The van der Waals surface area contributed by atoms with E-state index in [0.717, 1.165) is 6.54 Å². The number of nitrogens with one attached hydrogen (secondary N) is 1. The summed E-state index contributed by atoms with van der Waals surface area (Å²) in [6.07, 6.45) is 0. The fourth-order valence-electron chi connectivity index (χ4n) is 2.26. The average Bonchev–Trinajstić information content (AvgIpc) is 2.99. The molecule has 0 saturated carbocycles. The van der Waals surface area contributed by atoms with Crippen LogP contribution in [0.2, 0.25) is 0 Å². The highest BCUT2D eigenvalue weighted by Crippen LogP contribution is 2.18. The van der Waals surface area contributed by atoms with Crippen molar-refractivity contribution in [1.29, 1.82) is 0 Å². The summed E-state index contributed by atoms with van der Waals surface area (Å²) < 4.78 is 0. The molecule has 19 heavy (non-hydrogen) atoms. The van der Waals surface area contributed by atoms with E-state index in [4.69, 9.17) is 0 Å². The zero-order chi connectivity index (χ0) is 13.1. The minimum Gasteiger partial charge on any atom is -0.306 e. The van der Waals surface area contributed by atoms with Crippen LogP contribution < -0.4 is 5.32 Å². The van der Waals surface area contributed by atoms with E-state index in [1.165, 1.54) is 21.9 Å². The van der Waals surface area contributed by atoms with E-state index < -0.39 is 0 Å². The number of hydrogen-bond acceptors (Lipinski definition) is 2. The highest BCUT2D eigenvalue weighted by atomic mass is 32.1. The average molecular weight is 267 g/mol. The van der Waals surface area contributed by atoms with Crippen molar-refractivity contribution < 1.29 is 0 Å². The molecule has 3 rings (SSSR count). The first-order chi connectivity index (χ1) is 9.33. The van der Waals surface area contributed by atoms with E-state index in [9.17, 15) is 0 Å². The van der Waals surface area contributed by atoms with Crippen molar-refractivity contribution >= 4 is 22.1 Å². The number of fused-ring (bicyclic) bond motifs is 1.